The lowest BCUT2D eigenvalue weighted by Crippen LogP contribution is -2.29. The van der Waals surface area contributed by atoms with Crippen LogP contribution in [-0.4, -0.2) is 23.4 Å². The highest BCUT2D eigenvalue weighted by molar-refractivity contribution is 6.32. The molecule has 0 bridgehead atoms. The van der Waals surface area contributed by atoms with Gasteiger partial charge in [0.25, 0.3) is 0 Å². The second-order valence-corrected chi connectivity index (χ2v) is 5.75. The molecule has 23 heavy (non-hydrogen) atoms. The second-order valence-electron chi connectivity index (χ2n) is 5.31. The molecular weight excluding hydrogens is 318 g/mol. The van der Waals surface area contributed by atoms with Crippen LogP contribution in [0.3, 0.4) is 0 Å². The molecule has 0 saturated heterocycles. The van der Waals surface area contributed by atoms with Crippen LogP contribution in [0.4, 0.5) is 5.69 Å². The Morgan fingerprint density at radius 2 is 1.96 bits per heavy atom. The van der Waals surface area contributed by atoms with Crippen LogP contribution in [-0.2, 0) is 14.4 Å². The van der Waals surface area contributed by atoms with Gasteiger partial charge in [0.1, 0.15) is 5.75 Å². The molecule has 0 spiro atoms. The van der Waals surface area contributed by atoms with E-state index in [4.69, 9.17) is 16.4 Å². The fraction of sp³-hybridized carbons (Fsp3) is 0.176. The number of carbonyl (C=O) groups is 2. The van der Waals surface area contributed by atoms with Crippen LogP contribution in [0.5, 0.6) is 5.75 Å². The summed E-state index contributed by atoms with van der Waals surface area (Å²) < 4.78 is 0. The van der Waals surface area contributed by atoms with Gasteiger partial charge in [0.05, 0.1) is 12.2 Å². The zero-order chi connectivity index (χ0) is 16.6. The number of hydrogen-bond donors (Lipinski definition) is 1. The Hall–Kier alpha value is -2.53. The van der Waals surface area contributed by atoms with E-state index in [1.807, 2.05) is 18.2 Å². The average molecular weight is 332 g/mol. The van der Waals surface area contributed by atoms with Crippen molar-refractivity contribution in [3.63, 3.8) is 0 Å². The zero-order valence-corrected chi connectivity index (χ0v) is 13.1. The number of fused-ring (bicyclic) bond motifs is 1. The van der Waals surface area contributed by atoms with Gasteiger partial charge in [-0.15, -0.1) is 0 Å². The van der Waals surface area contributed by atoms with Gasteiger partial charge in [0.2, 0.25) is 5.78 Å². The molecule has 1 N–H and O–H groups in total. The number of rotatable bonds is 3. The molecule has 6 heteroatoms. The minimum Gasteiger partial charge on any atom is -0.508 e. The quantitative estimate of drug-likeness (QED) is 0.876. The molecule has 3 rings (SSSR count). The van der Waals surface area contributed by atoms with E-state index in [1.54, 1.807) is 18.2 Å². The lowest BCUT2D eigenvalue weighted by atomic mass is 9.92. The normalized spacial score (nSPS) is 16.1. The fourth-order valence-electron chi connectivity index (χ4n) is 2.70. The molecule has 1 atom stereocenters. The Morgan fingerprint density at radius 1 is 1.22 bits per heavy atom. The van der Waals surface area contributed by atoms with Gasteiger partial charge in [-0.2, -0.15) is 0 Å². The predicted molar refractivity (Wildman–Crippen MR) is 85.5 cm³/mol. The molecule has 2 aromatic carbocycles. The summed E-state index contributed by atoms with van der Waals surface area (Å²) in [5, 5.41) is 12.0. The topological polar surface area (TPSA) is 66.8 Å². The van der Waals surface area contributed by atoms with Crippen molar-refractivity contribution >= 4 is 29.0 Å². The summed E-state index contributed by atoms with van der Waals surface area (Å²) in [6.07, 6.45) is 0. The Balaban J connectivity index is 1.98. The molecule has 0 saturated carbocycles. The average Bonchev–Trinajstić information content (AvgIpc) is 2.86. The number of aromatic hydroxyl groups is 1. The van der Waals surface area contributed by atoms with E-state index in [9.17, 15) is 14.7 Å². The maximum Gasteiger partial charge on any atom is 0.398 e. The number of benzene rings is 2. The molecule has 0 aromatic heterocycles. The zero-order valence-electron chi connectivity index (χ0n) is 12.3. The lowest BCUT2D eigenvalue weighted by molar-refractivity contribution is -0.154. The van der Waals surface area contributed by atoms with Crippen LogP contribution in [0, 0.1) is 0 Å². The first-order chi connectivity index (χ1) is 11.0. The number of hydroxylamine groups is 1. The first-order valence-corrected chi connectivity index (χ1v) is 7.43. The van der Waals surface area contributed by atoms with Gasteiger partial charge < -0.3 is 9.94 Å². The molecule has 1 heterocycles. The van der Waals surface area contributed by atoms with Crippen molar-refractivity contribution < 1.29 is 19.5 Å². The van der Waals surface area contributed by atoms with Crippen molar-refractivity contribution in [1.82, 2.24) is 0 Å². The van der Waals surface area contributed by atoms with Gasteiger partial charge >= 0.3 is 5.97 Å². The molecular formula is C17H14ClNO4. The summed E-state index contributed by atoms with van der Waals surface area (Å²) in [4.78, 5) is 27.9. The number of anilines is 1. The van der Waals surface area contributed by atoms with Crippen molar-refractivity contribution in [2.24, 2.45) is 0 Å². The van der Waals surface area contributed by atoms with Crippen molar-refractivity contribution in [1.29, 1.82) is 0 Å². The summed E-state index contributed by atoms with van der Waals surface area (Å²) >= 11 is 5.88. The molecule has 2 aromatic rings. The molecule has 118 valence electrons. The minimum atomic E-state index is -0.916. The van der Waals surface area contributed by atoms with E-state index in [1.165, 1.54) is 11.1 Å². The molecule has 0 aliphatic carbocycles. The highest BCUT2D eigenvalue weighted by Gasteiger charge is 2.34. The Morgan fingerprint density at radius 3 is 2.65 bits per heavy atom. The van der Waals surface area contributed by atoms with E-state index >= 15 is 0 Å². The van der Waals surface area contributed by atoms with Gasteiger partial charge in [0.15, 0.2) is 0 Å². The molecule has 0 amide bonds. The smallest absolute Gasteiger partial charge is 0.398 e. The van der Waals surface area contributed by atoms with Crippen LogP contribution < -0.4 is 5.06 Å². The van der Waals surface area contributed by atoms with Gasteiger partial charge in [-0.25, -0.2) is 9.86 Å². The SMILES string of the molecule is CC(=O)C(=O)ON1CC(c2ccc(Cl)cc2O)c2ccccc21. The van der Waals surface area contributed by atoms with Crippen LogP contribution in [0.25, 0.3) is 0 Å². The highest BCUT2D eigenvalue weighted by Crippen LogP contribution is 2.43. The number of para-hydroxylation sites is 1. The van der Waals surface area contributed by atoms with E-state index in [-0.39, 0.29) is 11.7 Å². The molecule has 1 unspecified atom stereocenters. The third kappa shape index (κ3) is 2.87. The van der Waals surface area contributed by atoms with Crippen molar-refractivity contribution in [2.45, 2.75) is 12.8 Å². The summed E-state index contributed by atoms with van der Waals surface area (Å²) in [6, 6.07) is 12.3. The van der Waals surface area contributed by atoms with E-state index in [2.05, 4.69) is 0 Å². The lowest BCUT2D eigenvalue weighted by Gasteiger charge is -2.18. The third-order valence-electron chi connectivity index (χ3n) is 3.78. The third-order valence-corrected chi connectivity index (χ3v) is 4.01. The Labute approximate surface area is 138 Å². The number of nitrogens with zero attached hydrogens (tertiary/aromatic N) is 1. The van der Waals surface area contributed by atoms with E-state index in [0.717, 1.165) is 12.5 Å². The van der Waals surface area contributed by atoms with Crippen LogP contribution in [0.2, 0.25) is 5.02 Å². The number of phenolic OH excluding ortho intramolecular Hbond substituents is 1. The van der Waals surface area contributed by atoms with Gasteiger partial charge in [-0.3, -0.25) is 4.79 Å². The number of halogens is 1. The standard InChI is InChI=1S/C17H14ClNO4/c1-10(20)17(22)23-19-9-14(12-4-2-3-5-15(12)19)13-7-6-11(18)8-16(13)21/h2-8,14,21H,9H2,1H3. The minimum absolute atomic E-state index is 0.0806. The maximum atomic E-state index is 11.6. The first-order valence-electron chi connectivity index (χ1n) is 7.05. The molecule has 5 nitrogen and oxygen atoms in total. The number of hydrogen-bond acceptors (Lipinski definition) is 5. The van der Waals surface area contributed by atoms with Gasteiger partial charge in [0, 0.05) is 23.4 Å². The van der Waals surface area contributed by atoms with Crippen molar-refractivity contribution in [2.75, 3.05) is 11.6 Å². The molecule has 1 aliphatic heterocycles. The number of Topliss-reactive ketones (excluding diaryl/α,β-unsaturated/α-hetero) is 1. The van der Waals surface area contributed by atoms with Gasteiger partial charge in [-0.1, -0.05) is 35.9 Å². The predicted octanol–water partition coefficient (Wildman–Crippen LogP) is 3.04. The number of carbonyl (C=O) groups excluding carboxylic acids is 2. The Kier molecular flexibility index (Phi) is 3.96. The summed E-state index contributed by atoms with van der Waals surface area (Å²) in [5.74, 6) is -1.69. The highest BCUT2D eigenvalue weighted by atomic mass is 35.5. The summed E-state index contributed by atoms with van der Waals surface area (Å²) in [7, 11) is 0. The molecule has 1 aliphatic rings. The number of phenols is 1. The molecule has 0 radical (unpaired) electrons. The van der Waals surface area contributed by atoms with E-state index in [0.29, 0.717) is 22.8 Å². The van der Waals surface area contributed by atoms with E-state index < -0.39 is 11.8 Å². The molecule has 0 fully saturated rings. The van der Waals surface area contributed by atoms with Crippen molar-refractivity contribution in [3.8, 4) is 5.75 Å². The Bertz CT molecular complexity index is 790. The summed E-state index contributed by atoms with van der Waals surface area (Å²) in [5.41, 5.74) is 2.28. The fourth-order valence-corrected chi connectivity index (χ4v) is 2.87. The summed E-state index contributed by atoms with van der Waals surface area (Å²) in [6.45, 7) is 1.47. The largest absolute Gasteiger partial charge is 0.508 e. The monoisotopic (exact) mass is 331 g/mol. The van der Waals surface area contributed by atoms with Crippen LogP contribution in [0.1, 0.15) is 24.0 Å². The van der Waals surface area contributed by atoms with Crippen molar-refractivity contribution in [3.05, 3.63) is 58.6 Å². The van der Waals surface area contributed by atoms with Crippen LogP contribution >= 0.6 is 11.6 Å². The number of ketones is 1. The first kappa shape index (κ1) is 15.4. The second kappa shape index (κ2) is 5.93. The maximum absolute atomic E-state index is 11.6. The van der Waals surface area contributed by atoms with Crippen LogP contribution in [0.15, 0.2) is 42.5 Å². The van der Waals surface area contributed by atoms with Gasteiger partial charge in [-0.05, 0) is 23.8 Å².